The van der Waals surface area contributed by atoms with Crippen LogP contribution in [-0.2, 0) is 0 Å². The quantitative estimate of drug-likeness (QED) is 0.755. The average molecular weight is 235 g/mol. The van der Waals surface area contributed by atoms with Crippen molar-refractivity contribution in [1.29, 1.82) is 0 Å². The summed E-state index contributed by atoms with van der Waals surface area (Å²) >= 11 is 0. The summed E-state index contributed by atoms with van der Waals surface area (Å²) in [6, 6.07) is 3.90. The number of nitrogens with two attached hydrogens (primary N) is 1. The molecule has 0 saturated carbocycles. The van der Waals surface area contributed by atoms with Crippen LogP contribution in [0.2, 0.25) is 0 Å². The molecule has 0 bridgehead atoms. The summed E-state index contributed by atoms with van der Waals surface area (Å²) in [6.07, 6.45) is 2.31. The van der Waals surface area contributed by atoms with Crippen molar-refractivity contribution >= 4 is 11.7 Å². The Morgan fingerprint density at radius 1 is 1.53 bits per heavy atom. The Morgan fingerprint density at radius 2 is 2.35 bits per heavy atom. The minimum absolute atomic E-state index is 0.205. The van der Waals surface area contributed by atoms with E-state index in [-0.39, 0.29) is 5.69 Å². The molecule has 1 aliphatic rings. The Labute approximate surface area is 100 Å². The Balaban J connectivity index is 2.08. The van der Waals surface area contributed by atoms with Gasteiger partial charge in [-0.1, -0.05) is 0 Å². The van der Waals surface area contributed by atoms with Crippen LogP contribution in [-0.4, -0.2) is 42.3 Å². The maximum absolute atomic E-state index is 10.9. The Kier molecular flexibility index (Phi) is 3.53. The highest BCUT2D eigenvalue weighted by atomic mass is 16.1. The van der Waals surface area contributed by atoms with E-state index in [9.17, 15) is 4.79 Å². The molecule has 1 amide bonds. The van der Waals surface area contributed by atoms with E-state index in [0.29, 0.717) is 6.04 Å². The molecule has 2 rings (SSSR count). The van der Waals surface area contributed by atoms with Crippen molar-refractivity contribution in [3.05, 3.63) is 17.8 Å². The van der Waals surface area contributed by atoms with E-state index in [1.807, 2.05) is 7.05 Å². The molecule has 0 spiro atoms. The minimum atomic E-state index is -0.546. The number of rotatable bonds is 3. The molecule has 2 heterocycles. The lowest BCUT2D eigenvalue weighted by Gasteiger charge is -2.33. The molecule has 17 heavy (non-hydrogen) atoms. The SMILES string of the molecule is CNC1CCCN(c2ccc(C(N)=O)nn2)C1. The van der Waals surface area contributed by atoms with Gasteiger partial charge in [-0.15, -0.1) is 10.2 Å². The third-order valence-corrected chi connectivity index (χ3v) is 3.06. The second-order valence-corrected chi connectivity index (χ2v) is 4.21. The number of aromatic nitrogens is 2. The summed E-state index contributed by atoms with van der Waals surface area (Å²) in [5.74, 6) is 0.255. The summed E-state index contributed by atoms with van der Waals surface area (Å²) in [6.45, 7) is 1.89. The van der Waals surface area contributed by atoms with Crippen molar-refractivity contribution in [2.75, 3.05) is 25.0 Å². The molecule has 3 N–H and O–H groups in total. The number of nitrogens with one attached hydrogen (secondary N) is 1. The lowest BCUT2D eigenvalue weighted by atomic mass is 10.1. The van der Waals surface area contributed by atoms with Gasteiger partial charge < -0.3 is 16.0 Å². The van der Waals surface area contributed by atoms with Crippen LogP contribution in [0.1, 0.15) is 23.3 Å². The van der Waals surface area contributed by atoms with Crippen molar-refractivity contribution in [2.24, 2.45) is 5.73 Å². The maximum atomic E-state index is 10.9. The van der Waals surface area contributed by atoms with Crippen LogP contribution in [0.5, 0.6) is 0 Å². The van der Waals surface area contributed by atoms with E-state index in [1.165, 1.54) is 6.42 Å². The van der Waals surface area contributed by atoms with Crippen molar-refractivity contribution < 1.29 is 4.79 Å². The van der Waals surface area contributed by atoms with Gasteiger partial charge in [0, 0.05) is 19.1 Å². The van der Waals surface area contributed by atoms with Gasteiger partial charge in [-0.3, -0.25) is 4.79 Å². The summed E-state index contributed by atoms with van der Waals surface area (Å²) in [5.41, 5.74) is 5.33. The van der Waals surface area contributed by atoms with Gasteiger partial charge in [0.2, 0.25) is 0 Å². The molecule has 92 valence electrons. The van der Waals surface area contributed by atoms with Gasteiger partial charge in [0.05, 0.1) is 0 Å². The fourth-order valence-electron chi connectivity index (χ4n) is 2.05. The third kappa shape index (κ3) is 2.71. The number of amides is 1. The van der Waals surface area contributed by atoms with Gasteiger partial charge in [-0.2, -0.15) is 0 Å². The summed E-state index contributed by atoms with van der Waals surface area (Å²) < 4.78 is 0. The number of piperidine rings is 1. The first-order valence-electron chi connectivity index (χ1n) is 5.76. The molecular formula is C11H17N5O. The van der Waals surface area contributed by atoms with Gasteiger partial charge in [-0.05, 0) is 32.0 Å². The van der Waals surface area contributed by atoms with Crippen LogP contribution in [0, 0.1) is 0 Å². The van der Waals surface area contributed by atoms with Gasteiger partial charge in [-0.25, -0.2) is 0 Å². The topological polar surface area (TPSA) is 84.1 Å². The monoisotopic (exact) mass is 235 g/mol. The molecule has 1 aromatic rings. The first-order valence-corrected chi connectivity index (χ1v) is 5.76. The van der Waals surface area contributed by atoms with E-state index < -0.39 is 5.91 Å². The number of nitrogens with zero attached hydrogens (tertiary/aromatic N) is 3. The van der Waals surface area contributed by atoms with E-state index in [0.717, 1.165) is 25.3 Å². The van der Waals surface area contributed by atoms with Crippen LogP contribution in [0.4, 0.5) is 5.82 Å². The summed E-state index contributed by atoms with van der Waals surface area (Å²) in [4.78, 5) is 13.1. The number of anilines is 1. The second-order valence-electron chi connectivity index (χ2n) is 4.21. The van der Waals surface area contributed by atoms with E-state index in [2.05, 4.69) is 20.4 Å². The minimum Gasteiger partial charge on any atom is -0.364 e. The van der Waals surface area contributed by atoms with Gasteiger partial charge in [0.25, 0.3) is 5.91 Å². The number of hydrogen-bond acceptors (Lipinski definition) is 5. The zero-order chi connectivity index (χ0) is 12.3. The molecule has 1 aromatic heterocycles. The summed E-state index contributed by atoms with van der Waals surface area (Å²) in [5, 5.41) is 11.1. The van der Waals surface area contributed by atoms with Crippen LogP contribution in [0.3, 0.4) is 0 Å². The molecule has 0 aromatic carbocycles. The predicted octanol–water partition coefficient (Wildman–Crippen LogP) is -0.236. The molecule has 1 fully saturated rings. The lowest BCUT2D eigenvalue weighted by Crippen LogP contribution is -2.44. The van der Waals surface area contributed by atoms with Crippen molar-refractivity contribution in [2.45, 2.75) is 18.9 Å². The van der Waals surface area contributed by atoms with E-state index in [1.54, 1.807) is 12.1 Å². The van der Waals surface area contributed by atoms with E-state index >= 15 is 0 Å². The molecule has 1 atom stereocenters. The number of carbonyl (C=O) groups excluding carboxylic acids is 1. The zero-order valence-corrected chi connectivity index (χ0v) is 9.89. The molecule has 0 radical (unpaired) electrons. The number of likely N-dealkylation sites (N-methyl/N-ethyl adjacent to an activating group) is 1. The van der Waals surface area contributed by atoms with Crippen LogP contribution < -0.4 is 16.0 Å². The molecule has 1 saturated heterocycles. The Hall–Kier alpha value is -1.69. The average Bonchev–Trinajstić information content (AvgIpc) is 2.39. The maximum Gasteiger partial charge on any atom is 0.269 e. The van der Waals surface area contributed by atoms with Crippen LogP contribution >= 0.6 is 0 Å². The number of carbonyl (C=O) groups is 1. The van der Waals surface area contributed by atoms with Crippen LogP contribution in [0.15, 0.2) is 12.1 Å². The molecule has 6 nitrogen and oxygen atoms in total. The molecule has 1 unspecified atom stereocenters. The van der Waals surface area contributed by atoms with E-state index in [4.69, 9.17) is 5.73 Å². The normalized spacial score (nSPS) is 20.3. The Morgan fingerprint density at radius 3 is 2.94 bits per heavy atom. The third-order valence-electron chi connectivity index (χ3n) is 3.06. The fourth-order valence-corrected chi connectivity index (χ4v) is 2.05. The highest BCUT2D eigenvalue weighted by molar-refractivity contribution is 5.90. The predicted molar refractivity (Wildman–Crippen MR) is 64.8 cm³/mol. The lowest BCUT2D eigenvalue weighted by molar-refractivity contribution is 0.0994. The molecule has 1 aliphatic heterocycles. The highest BCUT2D eigenvalue weighted by Gasteiger charge is 2.19. The van der Waals surface area contributed by atoms with Gasteiger partial charge in [0.15, 0.2) is 11.5 Å². The molecule has 0 aliphatic carbocycles. The zero-order valence-electron chi connectivity index (χ0n) is 9.89. The van der Waals surface area contributed by atoms with Crippen molar-refractivity contribution in [3.8, 4) is 0 Å². The fraction of sp³-hybridized carbons (Fsp3) is 0.545. The van der Waals surface area contributed by atoms with Crippen LogP contribution in [0.25, 0.3) is 0 Å². The standard InChI is InChI=1S/C11H17N5O/c1-13-8-3-2-6-16(7-8)10-5-4-9(11(12)17)14-15-10/h4-5,8,13H,2-3,6-7H2,1H3,(H2,12,17). The number of hydrogen-bond donors (Lipinski definition) is 2. The first kappa shape index (κ1) is 11.8. The van der Waals surface area contributed by atoms with Gasteiger partial charge in [0.1, 0.15) is 0 Å². The van der Waals surface area contributed by atoms with Gasteiger partial charge >= 0.3 is 0 Å². The molecule has 6 heteroatoms. The highest BCUT2D eigenvalue weighted by Crippen LogP contribution is 2.16. The molecular weight excluding hydrogens is 218 g/mol. The second kappa shape index (κ2) is 5.09. The summed E-state index contributed by atoms with van der Waals surface area (Å²) in [7, 11) is 1.97. The van der Waals surface area contributed by atoms with Crippen molar-refractivity contribution in [3.63, 3.8) is 0 Å². The largest absolute Gasteiger partial charge is 0.364 e. The smallest absolute Gasteiger partial charge is 0.269 e. The first-order chi connectivity index (χ1) is 8.20. The number of primary amides is 1. The Bertz CT molecular complexity index is 391. The van der Waals surface area contributed by atoms with Crippen molar-refractivity contribution in [1.82, 2.24) is 15.5 Å².